The highest BCUT2D eigenvalue weighted by molar-refractivity contribution is 5.50. The fourth-order valence-corrected chi connectivity index (χ4v) is 0.585. The molecule has 0 N–H and O–H groups in total. The first-order valence-electron chi connectivity index (χ1n) is 3.14. The van der Waals surface area contributed by atoms with Crippen molar-refractivity contribution >= 4 is 6.29 Å². The lowest BCUT2D eigenvalue weighted by Gasteiger charge is -2.17. The van der Waals surface area contributed by atoms with Gasteiger partial charge in [-0.25, -0.2) is 0 Å². The van der Waals surface area contributed by atoms with Crippen molar-refractivity contribution in [1.82, 2.24) is 0 Å². The minimum atomic E-state index is -4.43. The summed E-state index contributed by atoms with van der Waals surface area (Å²) in [6.07, 6.45) is -6.80. The van der Waals surface area contributed by atoms with E-state index < -0.39 is 18.7 Å². The maximum absolute atomic E-state index is 11.8. The molecular formula is C6H9F3O2. The van der Waals surface area contributed by atoms with E-state index in [0.29, 0.717) is 0 Å². The van der Waals surface area contributed by atoms with Crippen molar-refractivity contribution in [3.63, 3.8) is 0 Å². The molecule has 0 rings (SSSR count). The molecule has 0 aliphatic heterocycles. The molecule has 0 aromatic carbocycles. The van der Waals surface area contributed by atoms with E-state index in [1.165, 1.54) is 6.92 Å². The average Bonchev–Trinajstić information content (AvgIpc) is 1.85. The molecule has 0 aromatic heterocycles. The van der Waals surface area contributed by atoms with Gasteiger partial charge in [-0.1, -0.05) is 0 Å². The van der Waals surface area contributed by atoms with E-state index in [1.54, 1.807) is 0 Å². The molecular weight excluding hydrogens is 161 g/mol. The topological polar surface area (TPSA) is 26.3 Å². The maximum atomic E-state index is 11.8. The molecule has 66 valence electrons. The van der Waals surface area contributed by atoms with Crippen LogP contribution in [0.1, 0.15) is 13.3 Å². The largest absolute Gasteiger partial charge is 0.415 e. The van der Waals surface area contributed by atoms with Crippen LogP contribution in [0.3, 0.4) is 0 Å². The molecule has 0 fully saturated rings. The first-order chi connectivity index (χ1) is 5.02. The quantitative estimate of drug-likeness (QED) is 0.598. The van der Waals surface area contributed by atoms with Crippen LogP contribution < -0.4 is 0 Å². The van der Waals surface area contributed by atoms with Crippen LogP contribution in [0.5, 0.6) is 0 Å². The van der Waals surface area contributed by atoms with Crippen molar-refractivity contribution in [1.29, 1.82) is 0 Å². The van der Waals surface area contributed by atoms with Gasteiger partial charge in [0.05, 0.1) is 0 Å². The number of hydrogen-bond acceptors (Lipinski definition) is 2. The molecule has 0 saturated heterocycles. The molecule has 0 bridgehead atoms. The number of halogens is 3. The van der Waals surface area contributed by atoms with E-state index in [4.69, 9.17) is 0 Å². The monoisotopic (exact) mass is 170 g/mol. The van der Waals surface area contributed by atoms with E-state index in [9.17, 15) is 18.0 Å². The lowest BCUT2D eigenvalue weighted by molar-refractivity contribution is -0.219. The Morgan fingerprint density at radius 3 is 2.36 bits per heavy atom. The van der Waals surface area contributed by atoms with Gasteiger partial charge < -0.3 is 9.53 Å². The molecule has 0 radical (unpaired) electrons. The second kappa shape index (κ2) is 4.33. The SMILES string of the molecule is CCOC(CC=O)C(F)(F)F. The molecule has 0 saturated carbocycles. The zero-order chi connectivity index (χ0) is 8.91. The van der Waals surface area contributed by atoms with Gasteiger partial charge >= 0.3 is 6.18 Å². The van der Waals surface area contributed by atoms with E-state index in [1.807, 2.05) is 0 Å². The van der Waals surface area contributed by atoms with E-state index in [2.05, 4.69) is 4.74 Å². The van der Waals surface area contributed by atoms with Crippen LogP contribution in [-0.2, 0) is 9.53 Å². The molecule has 0 spiro atoms. The third-order valence-corrected chi connectivity index (χ3v) is 1.04. The predicted molar refractivity (Wildman–Crippen MR) is 32.1 cm³/mol. The summed E-state index contributed by atoms with van der Waals surface area (Å²) in [5, 5.41) is 0. The average molecular weight is 170 g/mol. The van der Waals surface area contributed by atoms with E-state index in [0.717, 1.165) is 0 Å². The second-order valence-corrected chi connectivity index (χ2v) is 1.89. The van der Waals surface area contributed by atoms with Gasteiger partial charge in [-0.15, -0.1) is 0 Å². The summed E-state index contributed by atoms with van der Waals surface area (Å²) in [5.41, 5.74) is 0. The fraction of sp³-hybridized carbons (Fsp3) is 0.833. The fourth-order valence-electron chi connectivity index (χ4n) is 0.585. The van der Waals surface area contributed by atoms with E-state index >= 15 is 0 Å². The van der Waals surface area contributed by atoms with E-state index in [-0.39, 0.29) is 12.9 Å². The number of ether oxygens (including phenoxy) is 1. The summed E-state index contributed by atoms with van der Waals surface area (Å²) in [7, 11) is 0. The Bertz CT molecular complexity index is 121. The van der Waals surface area contributed by atoms with Gasteiger partial charge in [0.25, 0.3) is 0 Å². The summed E-state index contributed by atoms with van der Waals surface area (Å²) in [4.78, 5) is 9.76. The molecule has 2 nitrogen and oxygen atoms in total. The third-order valence-electron chi connectivity index (χ3n) is 1.04. The van der Waals surface area contributed by atoms with Crippen LogP contribution in [0.25, 0.3) is 0 Å². The summed E-state index contributed by atoms with van der Waals surface area (Å²) in [5.74, 6) is 0. The Labute approximate surface area is 62.3 Å². The van der Waals surface area contributed by atoms with Gasteiger partial charge in [-0.05, 0) is 6.92 Å². The van der Waals surface area contributed by atoms with Crippen LogP contribution in [-0.4, -0.2) is 25.2 Å². The Balaban J connectivity index is 3.97. The van der Waals surface area contributed by atoms with Gasteiger partial charge in [-0.3, -0.25) is 0 Å². The Kier molecular flexibility index (Phi) is 4.10. The van der Waals surface area contributed by atoms with Gasteiger partial charge in [0.1, 0.15) is 6.29 Å². The molecule has 1 unspecified atom stereocenters. The van der Waals surface area contributed by atoms with Gasteiger partial charge in [0.15, 0.2) is 6.10 Å². The van der Waals surface area contributed by atoms with Crippen LogP contribution in [0.15, 0.2) is 0 Å². The highest BCUT2D eigenvalue weighted by Gasteiger charge is 2.39. The van der Waals surface area contributed by atoms with Crippen molar-refractivity contribution in [2.75, 3.05) is 6.61 Å². The third kappa shape index (κ3) is 3.98. The summed E-state index contributed by atoms with van der Waals surface area (Å²) >= 11 is 0. The number of alkyl halides is 3. The molecule has 5 heteroatoms. The van der Waals surface area contributed by atoms with Crippen LogP contribution in [0.4, 0.5) is 13.2 Å². The number of carbonyl (C=O) groups is 1. The minimum absolute atomic E-state index is 0.0436. The first-order valence-corrected chi connectivity index (χ1v) is 3.14. The van der Waals surface area contributed by atoms with Gasteiger partial charge in [0.2, 0.25) is 0 Å². The lowest BCUT2D eigenvalue weighted by atomic mass is 10.2. The molecule has 0 amide bonds. The van der Waals surface area contributed by atoms with Crippen LogP contribution in [0.2, 0.25) is 0 Å². The minimum Gasteiger partial charge on any atom is -0.369 e. The standard InChI is InChI=1S/C6H9F3O2/c1-2-11-5(3-4-10)6(7,8)9/h4-5H,2-3H2,1H3. The number of rotatable bonds is 4. The highest BCUT2D eigenvalue weighted by Crippen LogP contribution is 2.24. The number of aldehydes is 1. The molecule has 0 aromatic rings. The Morgan fingerprint density at radius 2 is 2.09 bits per heavy atom. The maximum Gasteiger partial charge on any atom is 0.415 e. The summed E-state index contributed by atoms with van der Waals surface area (Å²) < 4.78 is 39.7. The first kappa shape index (κ1) is 10.4. The zero-order valence-electron chi connectivity index (χ0n) is 6.02. The van der Waals surface area contributed by atoms with Crippen molar-refractivity contribution in [2.45, 2.75) is 25.6 Å². The zero-order valence-corrected chi connectivity index (χ0v) is 6.02. The summed E-state index contributed by atoms with van der Waals surface area (Å²) in [6.45, 7) is 1.40. The van der Waals surface area contributed by atoms with Crippen LogP contribution >= 0.6 is 0 Å². The summed E-state index contributed by atoms with van der Waals surface area (Å²) in [6, 6.07) is 0. The Hall–Kier alpha value is -0.580. The van der Waals surface area contributed by atoms with Gasteiger partial charge in [-0.2, -0.15) is 13.2 Å². The smallest absolute Gasteiger partial charge is 0.369 e. The Morgan fingerprint density at radius 1 is 1.55 bits per heavy atom. The van der Waals surface area contributed by atoms with Crippen LogP contribution in [0, 0.1) is 0 Å². The van der Waals surface area contributed by atoms with Gasteiger partial charge in [0, 0.05) is 13.0 Å². The molecule has 0 aliphatic carbocycles. The molecule has 0 aliphatic rings. The normalized spacial score (nSPS) is 14.5. The second-order valence-electron chi connectivity index (χ2n) is 1.89. The highest BCUT2D eigenvalue weighted by atomic mass is 19.4. The number of carbonyl (C=O) groups excluding carboxylic acids is 1. The van der Waals surface area contributed by atoms with Crippen molar-refractivity contribution in [2.24, 2.45) is 0 Å². The lowest BCUT2D eigenvalue weighted by Crippen LogP contribution is -2.32. The molecule has 1 atom stereocenters. The van der Waals surface area contributed by atoms with Crippen molar-refractivity contribution in [3.8, 4) is 0 Å². The molecule has 11 heavy (non-hydrogen) atoms. The predicted octanol–water partition coefficient (Wildman–Crippen LogP) is 1.54. The number of hydrogen-bond donors (Lipinski definition) is 0. The molecule has 0 heterocycles. The van der Waals surface area contributed by atoms with Crippen molar-refractivity contribution in [3.05, 3.63) is 0 Å². The van der Waals surface area contributed by atoms with Crippen molar-refractivity contribution < 1.29 is 22.7 Å².